The molecule has 17 aromatic rings. The Labute approximate surface area is 481 Å². The first-order valence-corrected chi connectivity index (χ1v) is 28.1. The molecule has 0 amide bonds. The van der Waals surface area contributed by atoms with Crippen molar-refractivity contribution in [3.63, 3.8) is 0 Å². The molecule has 0 aliphatic heterocycles. The minimum Gasteiger partial charge on any atom is -0.0623 e. The van der Waals surface area contributed by atoms with Crippen LogP contribution in [0.25, 0.3) is 108 Å². The van der Waals surface area contributed by atoms with E-state index in [4.69, 9.17) is 0 Å². The van der Waals surface area contributed by atoms with Gasteiger partial charge in [0.05, 0.1) is 0 Å². The largest absolute Gasteiger partial charge is 0.0623 e. The van der Waals surface area contributed by atoms with E-state index in [2.05, 4.69) is 340 Å². The number of hydrogen-bond donors (Lipinski definition) is 0. The van der Waals surface area contributed by atoms with Gasteiger partial charge in [-0.2, -0.15) is 0 Å². The minimum atomic E-state index is 1.31. The van der Waals surface area contributed by atoms with Crippen molar-refractivity contribution in [2.24, 2.45) is 0 Å². The Kier molecular flexibility index (Phi) is 17.7. The molecule has 0 N–H and O–H groups in total. The Morgan fingerprint density at radius 2 is 0.171 bits per heavy atom. The topological polar surface area (TPSA) is 0 Å². The van der Waals surface area contributed by atoms with Crippen LogP contribution in [0, 0.1) is 0 Å². The lowest BCUT2D eigenvalue weighted by molar-refractivity contribution is 1.72. The molecule has 0 aliphatic rings. The first-order valence-electron chi connectivity index (χ1n) is 28.1. The van der Waals surface area contributed by atoms with Crippen molar-refractivity contribution in [3.8, 4) is 0 Å². The van der Waals surface area contributed by atoms with Crippen molar-refractivity contribution in [2.75, 3.05) is 0 Å². The molecule has 82 heavy (non-hydrogen) atoms. The van der Waals surface area contributed by atoms with Crippen molar-refractivity contribution in [1.82, 2.24) is 0 Å². The fraction of sp³-hybridized carbons (Fsp3) is 0. The molecule has 0 fully saturated rings. The molecule has 0 radical (unpaired) electrons. The minimum absolute atomic E-state index is 1.31. The van der Waals surface area contributed by atoms with E-state index in [1.54, 1.807) is 0 Å². The summed E-state index contributed by atoms with van der Waals surface area (Å²) in [5.41, 5.74) is 0. The predicted molar refractivity (Wildman–Crippen MR) is 360 cm³/mol. The monoisotopic (exact) mass is 1050 g/mol. The molecule has 0 nitrogen and oxygen atoms in total. The molecular weight excluding hydrogens is 985 g/mol. The van der Waals surface area contributed by atoms with Crippen molar-refractivity contribution >= 4 is 108 Å². The molecule has 0 saturated carbocycles. The second-order valence-corrected chi connectivity index (χ2v) is 19.9. The van der Waals surface area contributed by atoms with Gasteiger partial charge in [0.25, 0.3) is 0 Å². The highest BCUT2D eigenvalue weighted by Gasteiger charge is 2.01. The summed E-state index contributed by atoms with van der Waals surface area (Å²) in [5.74, 6) is 0. The van der Waals surface area contributed by atoms with Gasteiger partial charge < -0.3 is 0 Å². The molecule has 0 aliphatic carbocycles. The van der Waals surface area contributed by atoms with Crippen LogP contribution in [0.1, 0.15) is 0 Å². The molecule has 17 aromatic carbocycles. The highest BCUT2D eigenvalue weighted by molar-refractivity contribution is 6.10. The predicted octanol–water partition coefficient (Wildman–Crippen LogP) is 23.3. The zero-order chi connectivity index (χ0) is 55.4. The molecule has 0 unspecified atom stereocenters. The summed E-state index contributed by atoms with van der Waals surface area (Å²) < 4.78 is 0. The first-order chi connectivity index (χ1) is 40.7. The van der Waals surface area contributed by atoms with Crippen LogP contribution in [0.4, 0.5) is 0 Å². The molecule has 0 saturated heterocycles. The van der Waals surface area contributed by atoms with Crippen LogP contribution in [0.15, 0.2) is 376 Å². The van der Waals surface area contributed by atoms with Gasteiger partial charge in [-0.15, -0.1) is 0 Å². The molecule has 390 valence electrons. The average Bonchev–Trinajstić information content (AvgIpc) is 3.66. The van der Waals surface area contributed by atoms with Crippen molar-refractivity contribution in [1.29, 1.82) is 0 Å². The second kappa shape index (κ2) is 27.3. The third kappa shape index (κ3) is 13.4. The summed E-state index contributed by atoms with van der Waals surface area (Å²) in [6.07, 6.45) is 0. The lowest BCUT2D eigenvalue weighted by atomic mass is 10.0. The van der Waals surface area contributed by atoms with E-state index in [9.17, 15) is 0 Å². The van der Waals surface area contributed by atoms with Gasteiger partial charge in [-0.3, -0.25) is 0 Å². The fourth-order valence-electron chi connectivity index (χ4n) is 10.5. The van der Waals surface area contributed by atoms with Crippen LogP contribution >= 0.6 is 0 Å². The zero-order valence-electron chi connectivity index (χ0n) is 45.8. The van der Waals surface area contributed by atoms with Crippen LogP contribution in [0.3, 0.4) is 0 Å². The van der Waals surface area contributed by atoms with E-state index in [0.717, 1.165) is 0 Å². The number of hydrogen-bond acceptors (Lipinski definition) is 0. The summed E-state index contributed by atoms with van der Waals surface area (Å²) in [7, 11) is 0. The van der Waals surface area contributed by atoms with E-state index in [-0.39, 0.29) is 0 Å². The Bertz CT molecular complexity index is 3930. The van der Waals surface area contributed by atoms with Gasteiger partial charge in [0.15, 0.2) is 0 Å². The second-order valence-electron chi connectivity index (χ2n) is 19.9. The lowest BCUT2D eigenvalue weighted by Crippen LogP contribution is -1.75. The molecular formula is C82H62. The van der Waals surface area contributed by atoms with Crippen LogP contribution in [0.2, 0.25) is 0 Å². The van der Waals surface area contributed by atoms with Crippen LogP contribution < -0.4 is 0 Å². The third-order valence-corrected chi connectivity index (χ3v) is 14.6. The summed E-state index contributed by atoms with van der Waals surface area (Å²) in [6.45, 7) is 0. The maximum atomic E-state index is 2.18. The lowest BCUT2D eigenvalue weighted by Gasteiger charge is -2.02. The molecule has 0 aromatic heterocycles. The van der Waals surface area contributed by atoms with Gasteiger partial charge in [0.1, 0.15) is 0 Å². The van der Waals surface area contributed by atoms with Crippen molar-refractivity contribution in [3.05, 3.63) is 376 Å². The normalized spacial score (nSPS) is 10.4. The van der Waals surface area contributed by atoms with Gasteiger partial charge in [0.2, 0.25) is 0 Å². The first kappa shape index (κ1) is 53.3. The van der Waals surface area contributed by atoms with Gasteiger partial charge in [-0.1, -0.05) is 376 Å². The van der Waals surface area contributed by atoms with E-state index in [0.29, 0.717) is 0 Å². The van der Waals surface area contributed by atoms with E-state index < -0.39 is 0 Å². The summed E-state index contributed by atoms with van der Waals surface area (Å²) in [5, 5.41) is 26.4. The van der Waals surface area contributed by atoms with Crippen LogP contribution in [-0.4, -0.2) is 0 Å². The van der Waals surface area contributed by atoms with Crippen molar-refractivity contribution < 1.29 is 0 Å². The third-order valence-electron chi connectivity index (χ3n) is 14.6. The molecule has 17 rings (SSSR count). The molecule has 0 heteroatoms. The van der Waals surface area contributed by atoms with Crippen LogP contribution in [0.5, 0.6) is 0 Å². The maximum Gasteiger partial charge on any atom is -0.0105 e. The highest BCUT2D eigenvalue weighted by atomic mass is 14.1. The van der Waals surface area contributed by atoms with E-state index in [1.807, 2.05) is 36.4 Å². The Balaban J connectivity index is 0.000000102. The van der Waals surface area contributed by atoms with Gasteiger partial charge >= 0.3 is 0 Å². The maximum absolute atomic E-state index is 2.18. The van der Waals surface area contributed by atoms with E-state index >= 15 is 0 Å². The zero-order valence-corrected chi connectivity index (χ0v) is 45.8. The summed E-state index contributed by atoms with van der Waals surface area (Å²) >= 11 is 0. The average molecular weight is 1050 g/mol. The van der Waals surface area contributed by atoms with Gasteiger partial charge in [-0.05, 0) is 108 Å². The highest BCUT2D eigenvalue weighted by Crippen LogP contribution is 2.28. The fourth-order valence-corrected chi connectivity index (χ4v) is 10.5. The summed E-state index contributed by atoms with van der Waals surface area (Å²) in [6, 6.07) is 131. The molecule has 0 heterocycles. The Morgan fingerprint density at radius 1 is 0.0732 bits per heavy atom. The van der Waals surface area contributed by atoms with Gasteiger partial charge in [0, 0.05) is 0 Å². The molecule has 0 spiro atoms. The smallest absolute Gasteiger partial charge is 0.0105 e. The number of rotatable bonds is 0. The molecule has 0 bridgehead atoms. The number of benzene rings is 17. The van der Waals surface area contributed by atoms with Crippen molar-refractivity contribution in [2.45, 2.75) is 0 Å². The SMILES string of the molecule is c1ccc2c(c1)ccc1ccccc12.c1ccc2c(c1)ccc1ccccc12.c1ccc2c(c1)ccc1ccccc12.c1ccc2c(c1)ccc1ccccc12.c1ccc2ccccc2c1.c1ccc2ccccc2c1.c1ccccc1. The quantitative estimate of drug-likeness (QED) is 0.133. The number of fused-ring (bicyclic) bond motifs is 14. The van der Waals surface area contributed by atoms with Gasteiger partial charge in [-0.25, -0.2) is 0 Å². The summed E-state index contributed by atoms with van der Waals surface area (Å²) in [4.78, 5) is 0. The Morgan fingerprint density at radius 3 is 0.293 bits per heavy atom. The van der Waals surface area contributed by atoms with Crippen LogP contribution in [-0.2, 0) is 0 Å². The Hall–Kier alpha value is -10.7. The van der Waals surface area contributed by atoms with E-state index in [1.165, 1.54) is 108 Å². The standard InChI is InChI=1S/4C14H10.2C10H8.C6H6/c4*1-3-7-13-11(5-1)9-10-12-6-2-4-8-14(12)13;2*1-2-6-10-8-4-3-7-9(10)5-1;1-2-4-6-5-3-1/h4*1-10H;2*1-8H;1-6H. The molecule has 0 atom stereocenters.